The lowest BCUT2D eigenvalue weighted by Crippen LogP contribution is -2.24. The molecule has 134 valence electrons. The molecule has 0 unspecified atom stereocenters. The summed E-state index contributed by atoms with van der Waals surface area (Å²) >= 11 is 5.72. The zero-order chi connectivity index (χ0) is 18.7. The standard InChI is InChI=1S/C20H18ClFN2O2/c1-13-11-15(6-8-18(13)24-10-2-3-20(24)26)23-19(25)9-5-14-4-7-17(22)16(21)12-14/h4-9,11-12H,2-3,10H2,1H3,(H,23,25)/b9-5+. The van der Waals surface area contributed by atoms with E-state index in [0.29, 0.717) is 17.7 Å². The topological polar surface area (TPSA) is 49.4 Å². The molecule has 1 aliphatic rings. The quantitative estimate of drug-likeness (QED) is 0.799. The smallest absolute Gasteiger partial charge is 0.248 e. The second kappa shape index (κ2) is 7.70. The Labute approximate surface area is 156 Å². The van der Waals surface area contributed by atoms with E-state index in [2.05, 4.69) is 5.32 Å². The van der Waals surface area contributed by atoms with Gasteiger partial charge in [-0.15, -0.1) is 0 Å². The van der Waals surface area contributed by atoms with Crippen molar-refractivity contribution in [2.75, 3.05) is 16.8 Å². The molecule has 2 amide bonds. The molecule has 2 aromatic rings. The number of nitrogens with zero attached hydrogens (tertiary/aromatic N) is 1. The molecule has 1 aliphatic heterocycles. The van der Waals surface area contributed by atoms with E-state index in [1.807, 2.05) is 19.1 Å². The van der Waals surface area contributed by atoms with Gasteiger partial charge in [-0.05, 0) is 60.9 Å². The van der Waals surface area contributed by atoms with Gasteiger partial charge in [-0.1, -0.05) is 17.7 Å². The highest BCUT2D eigenvalue weighted by atomic mass is 35.5. The van der Waals surface area contributed by atoms with Crippen LogP contribution in [-0.2, 0) is 9.59 Å². The van der Waals surface area contributed by atoms with Gasteiger partial charge in [0.25, 0.3) is 0 Å². The van der Waals surface area contributed by atoms with Gasteiger partial charge in [0.2, 0.25) is 11.8 Å². The highest BCUT2D eigenvalue weighted by molar-refractivity contribution is 6.30. The van der Waals surface area contributed by atoms with Crippen LogP contribution in [0.2, 0.25) is 5.02 Å². The third kappa shape index (κ3) is 4.11. The van der Waals surface area contributed by atoms with Gasteiger partial charge in [0.05, 0.1) is 5.02 Å². The molecule has 1 fully saturated rings. The van der Waals surface area contributed by atoms with E-state index in [1.165, 1.54) is 24.3 Å². The Morgan fingerprint density at radius 3 is 2.73 bits per heavy atom. The van der Waals surface area contributed by atoms with Crippen LogP contribution in [0.4, 0.5) is 15.8 Å². The molecule has 0 spiro atoms. The van der Waals surface area contributed by atoms with Gasteiger partial charge in [0.1, 0.15) is 5.82 Å². The van der Waals surface area contributed by atoms with Crippen LogP contribution in [0.5, 0.6) is 0 Å². The van der Waals surface area contributed by atoms with Gasteiger partial charge >= 0.3 is 0 Å². The molecule has 6 heteroatoms. The Morgan fingerprint density at radius 2 is 2.08 bits per heavy atom. The average molecular weight is 373 g/mol. The van der Waals surface area contributed by atoms with Crippen LogP contribution in [0, 0.1) is 12.7 Å². The summed E-state index contributed by atoms with van der Waals surface area (Å²) in [5.41, 5.74) is 3.07. The zero-order valence-corrected chi connectivity index (χ0v) is 15.0. The first-order valence-corrected chi connectivity index (χ1v) is 8.67. The summed E-state index contributed by atoms with van der Waals surface area (Å²) in [6.45, 7) is 2.64. The van der Waals surface area contributed by atoms with Crippen LogP contribution in [0.25, 0.3) is 6.08 Å². The van der Waals surface area contributed by atoms with Crippen LogP contribution in [-0.4, -0.2) is 18.4 Å². The molecule has 0 aliphatic carbocycles. The largest absolute Gasteiger partial charge is 0.323 e. The van der Waals surface area contributed by atoms with Gasteiger partial charge in [0.15, 0.2) is 0 Å². The number of rotatable bonds is 4. The lowest BCUT2D eigenvalue weighted by molar-refractivity contribution is -0.117. The van der Waals surface area contributed by atoms with Crippen LogP contribution in [0.15, 0.2) is 42.5 Å². The number of hydrogen-bond donors (Lipinski definition) is 1. The van der Waals surface area contributed by atoms with E-state index >= 15 is 0 Å². The van der Waals surface area contributed by atoms with E-state index in [-0.39, 0.29) is 16.8 Å². The number of carbonyl (C=O) groups excluding carboxylic acids is 2. The molecule has 0 saturated carbocycles. The first-order valence-electron chi connectivity index (χ1n) is 8.29. The summed E-state index contributed by atoms with van der Waals surface area (Å²) in [6, 6.07) is 9.69. The van der Waals surface area contributed by atoms with E-state index < -0.39 is 5.82 Å². The third-order valence-corrected chi connectivity index (χ3v) is 4.49. The highest BCUT2D eigenvalue weighted by Gasteiger charge is 2.22. The number of halogens is 2. The Balaban J connectivity index is 1.67. The second-order valence-electron chi connectivity index (χ2n) is 6.15. The maximum Gasteiger partial charge on any atom is 0.248 e. The molecular formula is C20H18ClFN2O2. The number of aryl methyl sites for hydroxylation is 1. The normalized spacial score (nSPS) is 14.3. The summed E-state index contributed by atoms with van der Waals surface area (Å²) < 4.78 is 13.1. The molecule has 0 atom stereocenters. The molecule has 2 aromatic carbocycles. The van der Waals surface area contributed by atoms with Gasteiger partial charge < -0.3 is 10.2 Å². The molecule has 0 bridgehead atoms. The number of nitrogens with one attached hydrogen (secondary N) is 1. The van der Waals surface area contributed by atoms with Crippen LogP contribution < -0.4 is 10.2 Å². The molecule has 1 heterocycles. The summed E-state index contributed by atoms with van der Waals surface area (Å²) in [7, 11) is 0. The molecule has 1 saturated heterocycles. The summed E-state index contributed by atoms with van der Waals surface area (Å²) in [4.78, 5) is 25.7. The number of benzene rings is 2. The van der Waals surface area contributed by atoms with Crippen LogP contribution >= 0.6 is 11.6 Å². The van der Waals surface area contributed by atoms with Crippen molar-refractivity contribution >= 4 is 40.9 Å². The van der Waals surface area contributed by atoms with E-state index in [4.69, 9.17) is 11.6 Å². The number of carbonyl (C=O) groups is 2. The van der Waals surface area contributed by atoms with Crippen molar-refractivity contribution in [3.05, 3.63) is 64.4 Å². The molecular weight excluding hydrogens is 355 g/mol. The Hall–Kier alpha value is -2.66. The SMILES string of the molecule is Cc1cc(NC(=O)/C=C/c2ccc(F)c(Cl)c2)ccc1N1CCCC1=O. The minimum Gasteiger partial charge on any atom is -0.323 e. The Morgan fingerprint density at radius 1 is 1.27 bits per heavy atom. The lowest BCUT2D eigenvalue weighted by Gasteiger charge is -2.19. The number of anilines is 2. The Kier molecular flexibility index (Phi) is 5.38. The van der Waals surface area contributed by atoms with Crippen molar-refractivity contribution in [3.63, 3.8) is 0 Å². The molecule has 4 nitrogen and oxygen atoms in total. The minimum absolute atomic E-state index is 0.00947. The average Bonchev–Trinajstić information content (AvgIpc) is 3.02. The number of amides is 2. The van der Waals surface area contributed by atoms with Gasteiger partial charge in [-0.25, -0.2) is 4.39 Å². The first-order chi connectivity index (χ1) is 12.4. The van der Waals surface area contributed by atoms with Gasteiger partial charge in [0, 0.05) is 30.4 Å². The van der Waals surface area contributed by atoms with E-state index in [0.717, 1.165) is 24.2 Å². The van der Waals surface area contributed by atoms with Crippen molar-refractivity contribution in [2.24, 2.45) is 0 Å². The predicted octanol–water partition coefficient (Wildman–Crippen LogP) is 4.57. The van der Waals surface area contributed by atoms with Gasteiger partial charge in [-0.3, -0.25) is 9.59 Å². The first kappa shape index (κ1) is 18.1. The van der Waals surface area contributed by atoms with Crippen molar-refractivity contribution in [1.29, 1.82) is 0 Å². The van der Waals surface area contributed by atoms with E-state index in [1.54, 1.807) is 17.0 Å². The summed E-state index contributed by atoms with van der Waals surface area (Å²) in [5.74, 6) is -0.680. The van der Waals surface area contributed by atoms with Crippen molar-refractivity contribution < 1.29 is 14.0 Å². The number of hydrogen-bond acceptors (Lipinski definition) is 2. The van der Waals surface area contributed by atoms with Crippen molar-refractivity contribution in [2.45, 2.75) is 19.8 Å². The molecule has 1 N–H and O–H groups in total. The van der Waals surface area contributed by atoms with E-state index in [9.17, 15) is 14.0 Å². The second-order valence-corrected chi connectivity index (χ2v) is 6.55. The summed E-state index contributed by atoms with van der Waals surface area (Å²) in [6.07, 6.45) is 4.37. The third-order valence-electron chi connectivity index (χ3n) is 4.20. The maximum absolute atomic E-state index is 13.1. The van der Waals surface area contributed by atoms with Crippen LogP contribution in [0.1, 0.15) is 24.0 Å². The fraction of sp³-hybridized carbons (Fsp3) is 0.200. The Bertz CT molecular complexity index is 895. The highest BCUT2D eigenvalue weighted by Crippen LogP contribution is 2.27. The van der Waals surface area contributed by atoms with Crippen molar-refractivity contribution in [1.82, 2.24) is 0 Å². The summed E-state index contributed by atoms with van der Waals surface area (Å²) in [5, 5.41) is 2.78. The zero-order valence-electron chi connectivity index (χ0n) is 14.3. The fourth-order valence-corrected chi connectivity index (χ4v) is 3.10. The fourth-order valence-electron chi connectivity index (χ4n) is 2.91. The maximum atomic E-state index is 13.1. The molecule has 26 heavy (non-hydrogen) atoms. The molecule has 0 radical (unpaired) electrons. The lowest BCUT2D eigenvalue weighted by atomic mass is 10.1. The predicted molar refractivity (Wildman–Crippen MR) is 102 cm³/mol. The van der Waals surface area contributed by atoms with Crippen molar-refractivity contribution in [3.8, 4) is 0 Å². The molecule has 3 rings (SSSR count). The molecule has 0 aromatic heterocycles. The van der Waals surface area contributed by atoms with Crippen LogP contribution in [0.3, 0.4) is 0 Å². The monoisotopic (exact) mass is 372 g/mol. The van der Waals surface area contributed by atoms with Gasteiger partial charge in [-0.2, -0.15) is 0 Å². The minimum atomic E-state index is -0.500.